The van der Waals surface area contributed by atoms with Gasteiger partial charge in [-0.1, -0.05) is 375 Å². The Morgan fingerprint density at radius 2 is 0.510 bits per heavy atom. The third-order valence-corrected chi connectivity index (χ3v) is 21.2. The molecule has 594 valence electrons. The summed E-state index contributed by atoms with van der Waals surface area (Å²) >= 11 is 0. The van der Waals surface area contributed by atoms with Crippen LogP contribution in [0.15, 0.2) is 0 Å². The van der Waals surface area contributed by atoms with E-state index in [4.69, 9.17) is 37.0 Å². The summed E-state index contributed by atoms with van der Waals surface area (Å²) in [4.78, 5) is 73.0. The highest BCUT2D eigenvalue weighted by molar-refractivity contribution is 7.47. The Morgan fingerprint density at radius 3 is 0.760 bits per heavy atom. The molecule has 0 bridgehead atoms. The van der Waals surface area contributed by atoms with Gasteiger partial charge in [0.1, 0.15) is 19.3 Å². The molecule has 0 aliphatic carbocycles. The summed E-state index contributed by atoms with van der Waals surface area (Å²) < 4.78 is 68.7. The number of phosphoric ester groups is 2. The van der Waals surface area contributed by atoms with E-state index >= 15 is 0 Å². The highest BCUT2D eigenvalue weighted by Crippen LogP contribution is 2.45. The highest BCUT2D eigenvalue weighted by atomic mass is 31.2. The van der Waals surface area contributed by atoms with Crippen LogP contribution < -0.4 is 0 Å². The van der Waals surface area contributed by atoms with Gasteiger partial charge in [-0.3, -0.25) is 37.3 Å². The molecule has 0 saturated heterocycles. The molecule has 0 aromatic carbocycles. The van der Waals surface area contributed by atoms with Gasteiger partial charge in [-0.2, -0.15) is 0 Å². The van der Waals surface area contributed by atoms with Crippen LogP contribution in [0.1, 0.15) is 427 Å². The van der Waals surface area contributed by atoms with Crippen molar-refractivity contribution in [2.75, 3.05) is 39.6 Å². The summed E-state index contributed by atoms with van der Waals surface area (Å²) in [5.41, 5.74) is 0. The van der Waals surface area contributed by atoms with Gasteiger partial charge in [0, 0.05) is 25.7 Å². The summed E-state index contributed by atoms with van der Waals surface area (Å²) in [6.45, 7) is 9.60. The van der Waals surface area contributed by atoms with Crippen LogP contribution >= 0.6 is 15.6 Å². The minimum Gasteiger partial charge on any atom is -0.462 e. The topological polar surface area (TPSA) is 237 Å². The maximum absolute atomic E-state index is 13.1. The molecule has 100 heavy (non-hydrogen) atoms. The first-order valence-corrected chi connectivity index (χ1v) is 45.0. The van der Waals surface area contributed by atoms with Crippen LogP contribution in [0.25, 0.3) is 0 Å². The maximum Gasteiger partial charge on any atom is 0.472 e. The summed E-state index contributed by atoms with van der Waals surface area (Å²) in [5.74, 6) is -0.602. The van der Waals surface area contributed by atoms with Crippen molar-refractivity contribution in [3.8, 4) is 0 Å². The van der Waals surface area contributed by atoms with Gasteiger partial charge in [0.05, 0.1) is 26.4 Å². The average Bonchev–Trinajstić information content (AvgIpc) is 0.947. The molecule has 0 amide bonds. The molecule has 17 nitrogen and oxygen atoms in total. The van der Waals surface area contributed by atoms with E-state index in [1.54, 1.807) is 0 Å². The minimum absolute atomic E-state index is 0.106. The maximum atomic E-state index is 13.1. The molecular weight excluding hydrogens is 1310 g/mol. The van der Waals surface area contributed by atoms with E-state index in [9.17, 15) is 43.2 Å². The molecule has 0 aromatic heterocycles. The van der Waals surface area contributed by atoms with E-state index in [2.05, 4.69) is 41.5 Å². The van der Waals surface area contributed by atoms with Crippen molar-refractivity contribution < 1.29 is 80.2 Å². The fourth-order valence-corrected chi connectivity index (χ4v) is 14.1. The van der Waals surface area contributed by atoms with Gasteiger partial charge in [0.25, 0.3) is 0 Å². The third-order valence-electron chi connectivity index (χ3n) is 19.3. The molecule has 0 aliphatic rings. The average molecular weight is 1470 g/mol. The second-order valence-electron chi connectivity index (χ2n) is 29.9. The third kappa shape index (κ3) is 73.0. The first-order valence-electron chi connectivity index (χ1n) is 42.0. The molecule has 0 spiro atoms. The van der Waals surface area contributed by atoms with Gasteiger partial charge in [0.2, 0.25) is 0 Å². The lowest BCUT2D eigenvalue weighted by molar-refractivity contribution is -0.161. The molecule has 0 aliphatic heterocycles. The number of unbranched alkanes of at least 4 members (excludes halogenated alkanes) is 49. The quantitative estimate of drug-likeness (QED) is 0.0222. The fraction of sp³-hybridized carbons (Fsp3) is 0.951. The Balaban J connectivity index is 5.24. The number of aliphatic hydroxyl groups is 1. The summed E-state index contributed by atoms with van der Waals surface area (Å²) in [7, 11) is -9.92. The summed E-state index contributed by atoms with van der Waals surface area (Å²) in [5, 5.41) is 10.6. The van der Waals surface area contributed by atoms with Crippen molar-refractivity contribution in [2.45, 2.75) is 445 Å². The van der Waals surface area contributed by atoms with Crippen molar-refractivity contribution in [2.24, 2.45) is 11.8 Å². The molecule has 19 heteroatoms. The van der Waals surface area contributed by atoms with Crippen molar-refractivity contribution >= 4 is 39.5 Å². The molecule has 0 aromatic rings. The minimum atomic E-state index is -4.96. The monoisotopic (exact) mass is 1470 g/mol. The smallest absolute Gasteiger partial charge is 0.462 e. The lowest BCUT2D eigenvalue weighted by Gasteiger charge is -2.21. The summed E-state index contributed by atoms with van der Waals surface area (Å²) in [6, 6.07) is 0. The molecule has 3 unspecified atom stereocenters. The Hall–Kier alpha value is -1.94. The SMILES string of the molecule is CCCCCCCCCCCCCCCCCCCCCC(=O)O[C@H](COC(=O)CCCCCCCCCCCCCCCCCCC)COP(=O)(O)OC[C@@H](O)COP(=O)(O)OC[C@@H](COC(=O)CCCCCCCCCC(C)C)OC(=O)CCCCCCCCCCCCC(C)CC. The second kappa shape index (κ2) is 72.6. The van der Waals surface area contributed by atoms with E-state index in [1.165, 1.54) is 238 Å². The molecule has 0 fully saturated rings. The number of phosphoric acid groups is 2. The van der Waals surface area contributed by atoms with Crippen LogP contribution in [0.5, 0.6) is 0 Å². The molecule has 0 radical (unpaired) electrons. The van der Waals surface area contributed by atoms with Crippen molar-refractivity contribution in [3.05, 3.63) is 0 Å². The molecule has 3 N–H and O–H groups in total. The first-order chi connectivity index (χ1) is 48.4. The normalized spacial score (nSPS) is 14.2. The van der Waals surface area contributed by atoms with Crippen LogP contribution in [0, 0.1) is 11.8 Å². The van der Waals surface area contributed by atoms with Crippen LogP contribution in [0.4, 0.5) is 0 Å². The first kappa shape index (κ1) is 98.1. The van der Waals surface area contributed by atoms with Gasteiger partial charge in [0.15, 0.2) is 12.2 Å². The van der Waals surface area contributed by atoms with Gasteiger partial charge in [-0.05, 0) is 37.5 Å². The number of carbonyl (C=O) groups excluding carboxylic acids is 4. The van der Waals surface area contributed by atoms with Crippen LogP contribution in [-0.2, 0) is 65.4 Å². The zero-order valence-electron chi connectivity index (χ0n) is 65.5. The number of carbonyl (C=O) groups is 4. The highest BCUT2D eigenvalue weighted by Gasteiger charge is 2.30. The van der Waals surface area contributed by atoms with E-state index in [-0.39, 0.29) is 25.7 Å². The lowest BCUT2D eigenvalue weighted by Crippen LogP contribution is -2.30. The van der Waals surface area contributed by atoms with Crippen LogP contribution in [-0.4, -0.2) is 96.7 Å². The molecule has 0 rings (SSSR count). The lowest BCUT2D eigenvalue weighted by atomic mass is 9.99. The Bertz CT molecular complexity index is 1930. The van der Waals surface area contributed by atoms with Crippen LogP contribution in [0.2, 0.25) is 0 Å². The Kier molecular flexibility index (Phi) is 71.2. The number of hydrogen-bond acceptors (Lipinski definition) is 15. The van der Waals surface area contributed by atoms with Crippen LogP contribution in [0.3, 0.4) is 0 Å². The standard InChI is InChI=1S/C81H158O17P2/c1-7-10-12-14-16-18-20-22-24-26-27-29-31-33-35-40-46-53-59-65-80(85)97-76(69-91-78(83)63-57-51-45-39-34-32-30-28-25-23-21-19-17-15-13-11-8-2)71-95-99(87,88)93-67-75(82)68-94-100(89,90)96-72-77(70-92-79(84)64-58-52-48-42-43-49-55-61-73(4)5)98-81(86)66-60-54-47-41-37-36-38-44-50-56-62-74(6)9-3/h73-77,82H,7-72H2,1-6H3,(H,87,88)(H,89,90)/t74?,75-,76-,77-/m1/s1. The molecule has 0 saturated carbocycles. The van der Waals surface area contributed by atoms with Crippen molar-refractivity contribution in [3.63, 3.8) is 0 Å². The number of ether oxygens (including phenoxy) is 4. The van der Waals surface area contributed by atoms with Crippen molar-refractivity contribution in [1.82, 2.24) is 0 Å². The predicted molar refractivity (Wildman–Crippen MR) is 409 cm³/mol. The van der Waals surface area contributed by atoms with E-state index in [1.807, 2.05) is 0 Å². The molecule has 6 atom stereocenters. The molecular formula is C81H158O17P2. The number of hydrogen-bond donors (Lipinski definition) is 3. The number of aliphatic hydroxyl groups excluding tert-OH is 1. The predicted octanol–water partition coefficient (Wildman–Crippen LogP) is 24.3. The van der Waals surface area contributed by atoms with Gasteiger partial charge in [-0.15, -0.1) is 0 Å². The molecule has 0 heterocycles. The van der Waals surface area contributed by atoms with Gasteiger partial charge in [-0.25, -0.2) is 9.13 Å². The van der Waals surface area contributed by atoms with Crippen molar-refractivity contribution in [1.29, 1.82) is 0 Å². The van der Waals surface area contributed by atoms with Gasteiger partial charge < -0.3 is 33.8 Å². The largest absolute Gasteiger partial charge is 0.472 e. The Morgan fingerprint density at radius 1 is 0.290 bits per heavy atom. The fourth-order valence-electron chi connectivity index (χ4n) is 12.5. The second-order valence-corrected chi connectivity index (χ2v) is 32.8. The summed E-state index contributed by atoms with van der Waals surface area (Å²) in [6.07, 6.45) is 62.5. The van der Waals surface area contributed by atoms with E-state index < -0.39 is 97.5 Å². The zero-order valence-corrected chi connectivity index (χ0v) is 67.3. The van der Waals surface area contributed by atoms with E-state index in [0.29, 0.717) is 31.6 Å². The number of rotatable bonds is 80. The number of esters is 4. The van der Waals surface area contributed by atoms with Gasteiger partial charge >= 0.3 is 39.5 Å². The zero-order chi connectivity index (χ0) is 73.5. The van der Waals surface area contributed by atoms with E-state index in [0.717, 1.165) is 102 Å². The Labute approximate surface area is 613 Å².